The number of rotatable bonds is 6. The number of nitrogens with zero attached hydrogens (tertiary/aromatic N) is 4. The van der Waals surface area contributed by atoms with Crippen LogP contribution in [0.2, 0.25) is 0 Å². The minimum absolute atomic E-state index is 0.114. The van der Waals surface area contributed by atoms with Crippen molar-refractivity contribution in [3.05, 3.63) is 78.2 Å². The summed E-state index contributed by atoms with van der Waals surface area (Å²) in [6.45, 7) is 1.36. The Balaban J connectivity index is 1.58. The Morgan fingerprint density at radius 1 is 1.17 bits per heavy atom. The average molecular weight is 466 g/mol. The Hall–Kier alpha value is -4.64. The molecule has 1 fully saturated rings. The summed E-state index contributed by atoms with van der Waals surface area (Å²) in [7, 11) is 0. The first kappa shape index (κ1) is 22.2. The number of carbonyl (C=O) groups is 2. The number of benzene rings is 2. The Kier molecular flexibility index (Phi) is 5.90. The first-order valence-corrected chi connectivity index (χ1v) is 11.2. The van der Waals surface area contributed by atoms with Crippen molar-refractivity contribution in [1.82, 2.24) is 14.3 Å². The number of fused-ring (bicyclic) bond motifs is 1. The number of aromatic nitrogens is 2. The summed E-state index contributed by atoms with van der Waals surface area (Å²) in [6, 6.07) is 18.8. The molecule has 1 aliphatic rings. The van der Waals surface area contributed by atoms with E-state index in [0.717, 1.165) is 40.6 Å². The second-order valence-corrected chi connectivity index (χ2v) is 8.54. The molecule has 0 aliphatic carbocycles. The van der Waals surface area contributed by atoms with E-state index in [4.69, 9.17) is 4.74 Å². The van der Waals surface area contributed by atoms with Gasteiger partial charge in [0.2, 0.25) is 0 Å². The molecule has 1 N–H and O–H groups in total. The minimum Gasteiger partial charge on any atom is -0.491 e. The molecule has 4 aromatic rings. The molecule has 1 amide bonds. The van der Waals surface area contributed by atoms with Crippen molar-refractivity contribution < 1.29 is 19.4 Å². The number of nitriles is 1. The molecular formula is C27H22N4O4. The highest BCUT2D eigenvalue weighted by molar-refractivity contribution is 5.87. The van der Waals surface area contributed by atoms with Gasteiger partial charge in [0.15, 0.2) is 0 Å². The molecule has 0 saturated carbocycles. The van der Waals surface area contributed by atoms with Gasteiger partial charge in [0, 0.05) is 30.1 Å². The maximum Gasteiger partial charge on any atom is 0.407 e. The van der Waals surface area contributed by atoms with Gasteiger partial charge in [-0.05, 0) is 35.7 Å². The number of imidazole rings is 1. The normalized spacial score (nSPS) is 15.2. The fourth-order valence-electron chi connectivity index (χ4n) is 4.48. The molecular weight excluding hydrogens is 444 g/mol. The number of carboxylic acid groups (broad SMARTS) is 1. The number of carbonyl (C=O) groups excluding carboxylic acids is 1. The number of amides is 1. The van der Waals surface area contributed by atoms with E-state index in [1.54, 1.807) is 36.8 Å². The molecule has 2 aromatic carbocycles. The highest BCUT2D eigenvalue weighted by Gasteiger charge is 2.27. The zero-order chi connectivity index (χ0) is 24.4. The highest BCUT2D eigenvalue weighted by atomic mass is 16.5. The van der Waals surface area contributed by atoms with E-state index >= 15 is 0 Å². The Bertz CT molecular complexity index is 1440. The average Bonchev–Trinajstić information content (AvgIpc) is 3.57. The van der Waals surface area contributed by atoms with Crippen LogP contribution in [-0.4, -0.2) is 51.5 Å². The highest BCUT2D eigenvalue weighted by Crippen LogP contribution is 2.38. The fourth-order valence-corrected chi connectivity index (χ4v) is 4.48. The monoisotopic (exact) mass is 466 g/mol. The van der Waals surface area contributed by atoms with Crippen molar-refractivity contribution in [2.45, 2.75) is 6.42 Å². The Morgan fingerprint density at radius 2 is 1.91 bits per heavy atom. The molecule has 0 radical (unpaired) electrons. The number of likely N-dealkylation sites (tertiary alicyclic amines) is 1. The lowest BCUT2D eigenvalue weighted by atomic mass is 9.97. The van der Waals surface area contributed by atoms with Gasteiger partial charge in [-0.1, -0.05) is 36.4 Å². The zero-order valence-corrected chi connectivity index (χ0v) is 18.8. The molecule has 0 spiro atoms. The van der Waals surface area contributed by atoms with Crippen molar-refractivity contribution in [2.75, 3.05) is 19.7 Å². The molecule has 1 aliphatic heterocycles. The van der Waals surface area contributed by atoms with E-state index in [2.05, 4.69) is 11.1 Å². The second-order valence-electron chi connectivity index (χ2n) is 8.54. The summed E-state index contributed by atoms with van der Waals surface area (Å²) < 4.78 is 8.20. The van der Waals surface area contributed by atoms with Gasteiger partial charge < -0.3 is 14.7 Å². The quantitative estimate of drug-likeness (QED) is 0.412. The molecule has 0 unspecified atom stereocenters. The van der Waals surface area contributed by atoms with Crippen molar-refractivity contribution in [3.8, 4) is 34.2 Å². The van der Waals surface area contributed by atoms with Gasteiger partial charge >= 0.3 is 6.09 Å². The van der Waals surface area contributed by atoms with E-state index < -0.39 is 6.09 Å². The van der Waals surface area contributed by atoms with E-state index in [1.165, 1.54) is 4.90 Å². The maximum atomic E-state index is 11.3. The molecule has 0 bridgehead atoms. The second kappa shape index (κ2) is 9.31. The van der Waals surface area contributed by atoms with Crippen LogP contribution in [0.15, 0.2) is 67.1 Å². The maximum absolute atomic E-state index is 11.3. The lowest BCUT2D eigenvalue weighted by Gasteiger charge is -2.18. The summed E-state index contributed by atoms with van der Waals surface area (Å²) >= 11 is 0. The number of ether oxygens (including phenoxy) is 1. The third-order valence-electron chi connectivity index (χ3n) is 6.34. The fraction of sp³-hybridized carbons (Fsp3) is 0.185. The number of hydrogen-bond acceptors (Lipinski definition) is 5. The van der Waals surface area contributed by atoms with Gasteiger partial charge in [-0.25, -0.2) is 9.78 Å². The number of hydrogen-bond donors (Lipinski definition) is 1. The molecule has 1 saturated heterocycles. The predicted molar refractivity (Wildman–Crippen MR) is 129 cm³/mol. The van der Waals surface area contributed by atoms with Crippen LogP contribution in [0.5, 0.6) is 5.75 Å². The van der Waals surface area contributed by atoms with Gasteiger partial charge in [0.1, 0.15) is 17.6 Å². The Morgan fingerprint density at radius 3 is 2.57 bits per heavy atom. The molecule has 1 atom stereocenters. The van der Waals surface area contributed by atoms with Gasteiger partial charge in [-0.15, -0.1) is 0 Å². The number of pyridine rings is 1. The van der Waals surface area contributed by atoms with Crippen LogP contribution in [0.25, 0.3) is 27.9 Å². The van der Waals surface area contributed by atoms with Crippen molar-refractivity contribution in [2.24, 2.45) is 5.92 Å². The zero-order valence-electron chi connectivity index (χ0n) is 18.8. The number of aldehydes is 1. The van der Waals surface area contributed by atoms with Crippen LogP contribution in [0.1, 0.15) is 22.3 Å². The summed E-state index contributed by atoms with van der Waals surface area (Å²) in [5.41, 5.74) is 5.49. The van der Waals surface area contributed by atoms with Gasteiger partial charge in [0.25, 0.3) is 0 Å². The molecule has 174 valence electrons. The van der Waals surface area contributed by atoms with Crippen LogP contribution in [0.4, 0.5) is 4.79 Å². The SMILES string of the molecule is N#Cc1ccc(-c2cc(OC[C@@H]3CCN(C(=O)O)C3)c3cncn3c2-c2ccc(C=O)cc2)cc1. The van der Waals surface area contributed by atoms with Crippen molar-refractivity contribution in [3.63, 3.8) is 0 Å². The van der Waals surface area contributed by atoms with Gasteiger partial charge in [-0.3, -0.25) is 9.20 Å². The molecule has 2 aromatic heterocycles. The first-order valence-electron chi connectivity index (χ1n) is 11.2. The van der Waals surface area contributed by atoms with Crippen molar-refractivity contribution >= 4 is 17.9 Å². The minimum atomic E-state index is -0.904. The van der Waals surface area contributed by atoms with Crippen LogP contribution >= 0.6 is 0 Å². The first-order chi connectivity index (χ1) is 17.1. The van der Waals surface area contributed by atoms with Gasteiger partial charge in [-0.2, -0.15) is 5.26 Å². The Labute approximate surface area is 201 Å². The molecule has 5 rings (SSSR count). The standard InChI is InChI=1S/C27H22N4O4/c28-12-18-1-5-21(6-2-18)23-11-25(35-16-20-9-10-30(14-20)27(33)34)24-13-29-17-31(24)26(23)22-7-3-19(15-32)4-8-22/h1-8,11,13,15,17,20H,9-10,14,16H2,(H,33,34)/t20-/m1/s1. The van der Waals surface area contributed by atoms with Crippen molar-refractivity contribution in [1.29, 1.82) is 5.26 Å². The van der Waals surface area contributed by atoms with E-state index in [0.29, 0.717) is 36.6 Å². The van der Waals surface area contributed by atoms with E-state index in [1.807, 2.05) is 34.7 Å². The smallest absolute Gasteiger partial charge is 0.407 e. The lowest BCUT2D eigenvalue weighted by Crippen LogP contribution is -2.27. The molecule has 35 heavy (non-hydrogen) atoms. The van der Waals surface area contributed by atoms with Crippen LogP contribution in [0, 0.1) is 17.2 Å². The molecule has 8 nitrogen and oxygen atoms in total. The van der Waals surface area contributed by atoms with Crippen LogP contribution in [0.3, 0.4) is 0 Å². The predicted octanol–water partition coefficient (Wildman–Crippen LogP) is 4.73. The van der Waals surface area contributed by atoms with Crippen LogP contribution in [-0.2, 0) is 0 Å². The summed E-state index contributed by atoms with van der Waals surface area (Å²) in [5.74, 6) is 0.756. The molecule has 3 heterocycles. The lowest BCUT2D eigenvalue weighted by molar-refractivity contribution is 0.112. The van der Waals surface area contributed by atoms with E-state index in [-0.39, 0.29) is 5.92 Å². The summed E-state index contributed by atoms with van der Waals surface area (Å²) in [5, 5.41) is 18.4. The summed E-state index contributed by atoms with van der Waals surface area (Å²) in [6.07, 6.45) is 4.12. The topological polar surface area (TPSA) is 108 Å². The van der Waals surface area contributed by atoms with E-state index in [9.17, 15) is 20.0 Å². The van der Waals surface area contributed by atoms with Crippen LogP contribution < -0.4 is 4.74 Å². The largest absolute Gasteiger partial charge is 0.491 e. The summed E-state index contributed by atoms with van der Waals surface area (Å²) in [4.78, 5) is 28.2. The van der Waals surface area contributed by atoms with Gasteiger partial charge in [0.05, 0.1) is 36.5 Å². The third kappa shape index (κ3) is 4.32. The third-order valence-corrected chi connectivity index (χ3v) is 6.34. The molecule has 8 heteroatoms.